The second kappa shape index (κ2) is 6.22. The summed E-state index contributed by atoms with van der Waals surface area (Å²) >= 11 is 3.28. The topological polar surface area (TPSA) is 13.6 Å². The van der Waals surface area contributed by atoms with Crippen LogP contribution in [0.25, 0.3) is 4.85 Å². The van der Waals surface area contributed by atoms with Crippen molar-refractivity contribution in [3.05, 3.63) is 47.8 Å². The lowest BCUT2D eigenvalue weighted by molar-refractivity contribution is 0.363. The van der Waals surface area contributed by atoms with Gasteiger partial charge in [0.25, 0.3) is 0 Å². The number of ether oxygens (including phenoxy) is 1. The van der Waals surface area contributed by atoms with E-state index in [1.807, 2.05) is 12.2 Å². The highest BCUT2D eigenvalue weighted by Gasteiger charge is 1.92. The third kappa shape index (κ3) is 3.63. The zero-order chi connectivity index (χ0) is 10.2. The van der Waals surface area contributed by atoms with Crippen LogP contribution < -0.4 is 4.74 Å². The van der Waals surface area contributed by atoms with E-state index >= 15 is 0 Å². The lowest BCUT2D eigenvalue weighted by Crippen LogP contribution is -1.92. The van der Waals surface area contributed by atoms with Crippen LogP contribution in [0.1, 0.15) is 0 Å². The maximum atomic E-state index is 6.77. The summed E-state index contributed by atoms with van der Waals surface area (Å²) in [5.74, 6) is 0.789. The Labute approximate surface area is 92.2 Å². The van der Waals surface area contributed by atoms with Crippen molar-refractivity contribution in [1.29, 1.82) is 0 Å². The number of hydrogen-bond acceptors (Lipinski definition) is 1. The summed E-state index contributed by atoms with van der Waals surface area (Å²) in [7, 11) is 0. The fourth-order valence-corrected chi connectivity index (χ4v) is 1.16. The average Bonchev–Trinajstić information content (AvgIpc) is 2.25. The molecule has 0 N–H and O–H groups in total. The van der Waals surface area contributed by atoms with E-state index in [9.17, 15) is 0 Å². The Morgan fingerprint density at radius 2 is 2.00 bits per heavy atom. The molecule has 0 aromatic heterocycles. The minimum Gasteiger partial charge on any atom is -0.490 e. The van der Waals surface area contributed by atoms with Gasteiger partial charge in [-0.3, -0.25) is 0 Å². The van der Waals surface area contributed by atoms with Crippen molar-refractivity contribution in [2.45, 2.75) is 0 Å². The summed E-state index contributed by atoms with van der Waals surface area (Å²) in [6.45, 7) is 7.33. The number of rotatable bonds is 4. The van der Waals surface area contributed by atoms with Gasteiger partial charge in [-0.1, -0.05) is 40.2 Å². The number of halogens is 1. The van der Waals surface area contributed by atoms with E-state index in [0.29, 0.717) is 12.3 Å². The van der Waals surface area contributed by atoms with Gasteiger partial charge in [0, 0.05) is 5.33 Å². The Kier molecular flexibility index (Phi) is 4.81. The van der Waals surface area contributed by atoms with Crippen molar-refractivity contribution in [1.82, 2.24) is 0 Å². The van der Waals surface area contributed by atoms with Gasteiger partial charge in [0.05, 0.1) is 6.57 Å². The van der Waals surface area contributed by atoms with Gasteiger partial charge in [-0.2, -0.15) is 0 Å². The summed E-state index contributed by atoms with van der Waals surface area (Å²) in [6, 6.07) is 7.10. The number of hydrogen-bond donors (Lipinski definition) is 0. The third-order valence-corrected chi connectivity index (χ3v) is 1.94. The van der Waals surface area contributed by atoms with Gasteiger partial charge in [0.1, 0.15) is 12.4 Å². The minimum atomic E-state index is 0.558. The second-order valence-electron chi connectivity index (χ2n) is 2.54. The first-order chi connectivity index (χ1) is 6.86. The van der Waals surface area contributed by atoms with Crippen LogP contribution in [-0.2, 0) is 0 Å². The molecule has 0 saturated heterocycles. The summed E-state index contributed by atoms with van der Waals surface area (Å²) in [5, 5.41) is 0.840. The highest BCUT2D eigenvalue weighted by Crippen LogP contribution is 2.17. The Morgan fingerprint density at radius 3 is 2.57 bits per heavy atom. The maximum Gasteiger partial charge on any atom is 0.187 e. The number of nitrogens with zero attached hydrogens (tertiary/aromatic N) is 1. The molecule has 1 aromatic rings. The van der Waals surface area contributed by atoms with Crippen LogP contribution in [-0.4, -0.2) is 11.9 Å². The van der Waals surface area contributed by atoms with Crippen molar-refractivity contribution >= 4 is 21.6 Å². The Bertz CT molecular complexity index is 337. The predicted molar refractivity (Wildman–Crippen MR) is 61.1 cm³/mol. The molecule has 72 valence electrons. The van der Waals surface area contributed by atoms with Crippen molar-refractivity contribution in [3.8, 4) is 5.75 Å². The van der Waals surface area contributed by atoms with Crippen LogP contribution in [0.15, 0.2) is 36.4 Å². The Balaban J connectivity index is 2.45. The molecule has 0 bridgehead atoms. The van der Waals surface area contributed by atoms with Crippen LogP contribution >= 0.6 is 15.9 Å². The van der Waals surface area contributed by atoms with Gasteiger partial charge >= 0.3 is 0 Å². The molecule has 0 saturated carbocycles. The molecular weight excluding hydrogens is 242 g/mol. The molecule has 3 heteroatoms. The largest absolute Gasteiger partial charge is 0.490 e. The first-order valence-corrected chi connectivity index (χ1v) is 5.30. The molecular formula is C11H10BrNO. The van der Waals surface area contributed by atoms with E-state index in [2.05, 4.69) is 20.8 Å². The molecule has 0 amide bonds. The highest BCUT2D eigenvalue weighted by atomic mass is 79.9. The Hall–Kier alpha value is -1.27. The van der Waals surface area contributed by atoms with Gasteiger partial charge in [-0.25, -0.2) is 4.85 Å². The van der Waals surface area contributed by atoms with Gasteiger partial charge < -0.3 is 4.74 Å². The van der Waals surface area contributed by atoms with Gasteiger partial charge in [0.15, 0.2) is 5.69 Å². The lowest BCUT2D eigenvalue weighted by Gasteiger charge is -2.01. The van der Waals surface area contributed by atoms with Crippen molar-refractivity contribution in [3.63, 3.8) is 0 Å². The van der Waals surface area contributed by atoms with Crippen molar-refractivity contribution in [2.75, 3.05) is 11.9 Å². The van der Waals surface area contributed by atoms with Crippen LogP contribution in [0.4, 0.5) is 5.69 Å². The predicted octanol–water partition coefficient (Wildman–Crippen LogP) is 3.57. The summed E-state index contributed by atoms with van der Waals surface area (Å²) in [6.07, 6.45) is 3.92. The molecule has 0 spiro atoms. The smallest absolute Gasteiger partial charge is 0.187 e. The standard InChI is InChI=1S/C11H10BrNO/c1-13-10-4-6-11(7-5-10)14-9-3-2-8-12/h2-7H,8-9H2. The average molecular weight is 252 g/mol. The molecule has 1 aromatic carbocycles. The van der Waals surface area contributed by atoms with Crippen LogP contribution in [0.3, 0.4) is 0 Å². The molecule has 0 aliphatic rings. The van der Waals surface area contributed by atoms with Crippen LogP contribution in [0.2, 0.25) is 0 Å². The molecule has 2 nitrogen and oxygen atoms in total. The molecule has 14 heavy (non-hydrogen) atoms. The monoisotopic (exact) mass is 251 g/mol. The third-order valence-electron chi connectivity index (χ3n) is 1.57. The van der Waals surface area contributed by atoms with E-state index < -0.39 is 0 Å². The zero-order valence-electron chi connectivity index (χ0n) is 7.61. The fourth-order valence-electron chi connectivity index (χ4n) is 0.892. The zero-order valence-corrected chi connectivity index (χ0v) is 9.20. The number of allylic oxidation sites excluding steroid dienone is 1. The van der Waals surface area contributed by atoms with E-state index in [-0.39, 0.29) is 0 Å². The summed E-state index contributed by atoms with van der Waals surface area (Å²) in [4.78, 5) is 3.30. The maximum absolute atomic E-state index is 6.77. The van der Waals surface area contributed by atoms with Gasteiger partial charge in [-0.15, -0.1) is 0 Å². The van der Waals surface area contributed by atoms with E-state index in [0.717, 1.165) is 11.1 Å². The van der Waals surface area contributed by atoms with E-state index in [1.54, 1.807) is 24.3 Å². The van der Waals surface area contributed by atoms with Crippen molar-refractivity contribution in [2.24, 2.45) is 0 Å². The van der Waals surface area contributed by atoms with Gasteiger partial charge in [-0.05, 0) is 12.1 Å². The highest BCUT2D eigenvalue weighted by molar-refractivity contribution is 9.09. The number of benzene rings is 1. The molecule has 0 atom stereocenters. The molecule has 0 heterocycles. The van der Waals surface area contributed by atoms with Crippen LogP contribution in [0.5, 0.6) is 5.75 Å². The second-order valence-corrected chi connectivity index (χ2v) is 3.19. The molecule has 0 radical (unpaired) electrons. The molecule has 0 aliphatic heterocycles. The van der Waals surface area contributed by atoms with Gasteiger partial charge in [0.2, 0.25) is 0 Å². The molecule has 0 aliphatic carbocycles. The van der Waals surface area contributed by atoms with Crippen LogP contribution in [0, 0.1) is 6.57 Å². The molecule has 0 unspecified atom stereocenters. The Morgan fingerprint density at radius 1 is 1.29 bits per heavy atom. The molecule has 0 fully saturated rings. The quantitative estimate of drug-likeness (QED) is 0.453. The fraction of sp³-hybridized carbons (Fsp3) is 0.182. The number of alkyl halides is 1. The first-order valence-electron chi connectivity index (χ1n) is 4.18. The summed E-state index contributed by atoms with van der Waals surface area (Å²) in [5.41, 5.74) is 0.633. The summed E-state index contributed by atoms with van der Waals surface area (Å²) < 4.78 is 5.40. The van der Waals surface area contributed by atoms with E-state index in [4.69, 9.17) is 11.3 Å². The SMILES string of the molecule is [C-]#[N+]c1ccc(OCC=CCBr)cc1. The van der Waals surface area contributed by atoms with E-state index in [1.165, 1.54) is 0 Å². The lowest BCUT2D eigenvalue weighted by atomic mass is 10.3. The minimum absolute atomic E-state index is 0.558. The molecule has 1 rings (SSSR count). The van der Waals surface area contributed by atoms with Crippen molar-refractivity contribution < 1.29 is 4.74 Å². The normalized spacial score (nSPS) is 10.0. The first kappa shape index (κ1) is 10.8.